The number of fused-ring (bicyclic) bond motifs is 1. The summed E-state index contributed by atoms with van der Waals surface area (Å²) in [5, 5.41) is 3.61. The van der Waals surface area contributed by atoms with E-state index in [1.807, 2.05) is 23.1 Å². The third-order valence-corrected chi connectivity index (χ3v) is 5.88. The van der Waals surface area contributed by atoms with Crippen LogP contribution in [0.4, 0.5) is 11.4 Å². The number of hydrogen-bond donors (Lipinski definition) is 1. The molecule has 3 nitrogen and oxygen atoms in total. The summed E-state index contributed by atoms with van der Waals surface area (Å²) >= 11 is 0. The molecule has 1 unspecified atom stereocenters. The number of anilines is 2. The number of amides is 1. The lowest BCUT2D eigenvalue weighted by Gasteiger charge is -2.36. The zero-order valence-electron chi connectivity index (χ0n) is 15.4. The highest BCUT2D eigenvalue weighted by molar-refractivity contribution is 5.97. The van der Waals surface area contributed by atoms with Gasteiger partial charge >= 0.3 is 0 Å². The molecule has 2 aliphatic rings. The number of carbonyl (C=O) groups excluding carboxylic acids is 1. The van der Waals surface area contributed by atoms with Gasteiger partial charge in [0.05, 0.1) is 24.0 Å². The van der Waals surface area contributed by atoms with Crippen molar-refractivity contribution in [3.05, 3.63) is 60.2 Å². The second kappa shape index (κ2) is 7.94. The Bertz CT molecular complexity index is 737. The zero-order valence-corrected chi connectivity index (χ0v) is 15.4. The molecule has 0 radical (unpaired) electrons. The number of nitrogens with one attached hydrogen (secondary N) is 1. The standard InChI is InChI=1S/C23H28N2O/c26-23(16-15-18-9-3-1-4-10-18)25-17-21(19-11-5-2-6-12-19)24-20-13-7-8-14-22(20)25/h2,5-8,11-14,18,21,24H,1,3-4,9-10,15-17H2. The summed E-state index contributed by atoms with van der Waals surface area (Å²) in [5.74, 6) is 1.02. The summed E-state index contributed by atoms with van der Waals surface area (Å²) in [5.41, 5.74) is 3.30. The molecule has 26 heavy (non-hydrogen) atoms. The molecule has 0 saturated heterocycles. The van der Waals surface area contributed by atoms with Gasteiger partial charge in [0.15, 0.2) is 0 Å². The van der Waals surface area contributed by atoms with Crippen LogP contribution in [0.1, 0.15) is 56.6 Å². The summed E-state index contributed by atoms with van der Waals surface area (Å²) in [6.07, 6.45) is 8.36. The first-order valence-corrected chi connectivity index (χ1v) is 10.0. The highest BCUT2D eigenvalue weighted by Gasteiger charge is 2.29. The molecule has 1 atom stereocenters. The van der Waals surface area contributed by atoms with Gasteiger partial charge in [-0.2, -0.15) is 0 Å². The maximum atomic E-state index is 13.1. The van der Waals surface area contributed by atoms with Gasteiger partial charge in [0.2, 0.25) is 5.91 Å². The summed E-state index contributed by atoms with van der Waals surface area (Å²) in [6.45, 7) is 0.699. The molecule has 2 aromatic rings. The molecule has 3 heteroatoms. The fourth-order valence-corrected chi connectivity index (χ4v) is 4.39. The van der Waals surface area contributed by atoms with Crippen molar-refractivity contribution in [1.82, 2.24) is 0 Å². The van der Waals surface area contributed by atoms with Crippen LogP contribution in [0.2, 0.25) is 0 Å². The Labute approximate surface area is 156 Å². The van der Waals surface area contributed by atoms with Crippen molar-refractivity contribution < 1.29 is 4.79 Å². The van der Waals surface area contributed by atoms with Crippen LogP contribution in [0.15, 0.2) is 54.6 Å². The summed E-state index contributed by atoms with van der Waals surface area (Å²) < 4.78 is 0. The molecule has 4 rings (SSSR count). The van der Waals surface area contributed by atoms with Crippen LogP contribution < -0.4 is 10.2 Å². The molecule has 1 N–H and O–H groups in total. The van der Waals surface area contributed by atoms with E-state index >= 15 is 0 Å². The summed E-state index contributed by atoms with van der Waals surface area (Å²) in [4.78, 5) is 15.1. The van der Waals surface area contributed by atoms with Crippen molar-refractivity contribution in [1.29, 1.82) is 0 Å². The number of nitrogens with zero attached hydrogens (tertiary/aromatic N) is 1. The van der Waals surface area contributed by atoms with Crippen molar-refractivity contribution in [3.8, 4) is 0 Å². The van der Waals surface area contributed by atoms with Gasteiger partial charge in [0.25, 0.3) is 0 Å². The quantitative estimate of drug-likeness (QED) is 0.786. The highest BCUT2D eigenvalue weighted by Crippen LogP contribution is 2.36. The van der Waals surface area contributed by atoms with Gasteiger partial charge < -0.3 is 10.2 Å². The summed E-state index contributed by atoms with van der Waals surface area (Å²) in [6, 6.07) is 18.8. The highest BCUT2D eigenvalue weighted by atomic mass is 16.2. The Morgan fingerprint density at radius 3 is 2.50 bits per heavy atom. The van der Waals surface area contributed by atoms with Gasteiger partial charge in [0.1, 0.15) is 0 Å². The van der Waals surface area contributed by atoms with Crippen LogP contribution in [-0.2, 0) is 4.79 Å². The van der Waals surface area contributed by atoms with E-state index in [1.54, 1.807) is 0 Å². The molecule has 0 aromatic heterocycles. The molecule has 1 saturated carbocycles. The Hall–Kier alpha value is -2.29. The monoisotopic (exact) mass is 348 g/mol. The van der Waals surface area contributed by atoms with Crippen LogP contribution in [0.3, 0.4) is 0 Å². The minimum absolute atomic E-state index is 0.143. The SMILES string of the molecule is O=C(CCC1CCCCC1)N1CC(c2ccccc2)Nc2ccccc21. The molecule has 1 aliphatic carbocycles. The topological polar surface area (TPSA) is 32.3 Å². The summed E-state index contributed by atoms with van der Waals surface area (Å²) in [7, 11) is 0. The fraction of sp³-hybridized carbons (Fsp3) is 0.435. The largest absolute Gasteiger partial charge is 0.375 e. The maximum Gasteiger partial charge on any atom is 0.227 e. The van der Waals surface area contributed by atoms with Crippen LogP contribution in [0.5, 0.6) is 0 Å². The van der Waals surface area contributed by atoms with Gasteiger partial charge in [-0.25, -0.2) is 0 Å². The lowest BCUT2D eigenvalue weighted by molar-refractivity contribution is -0.119. The smallest absolute Gasteiger partial charge is 0.227 e. The first-order valence-electron chi connectivity index (χ1n) is 10.0. The molecule has 0 bridgehead atoms. The third kappa shape index (κ3) is 3.77. The molecular weight excluding hydrogens is 320 g/mol. The minimum Gasteiger partial charge on any atom is -0.375 e. The Kier molecular flexibility index (Phi) is 5.24. The predicted octanol–water partition coefficient (Wildman–Crippen LogP) is 5.55. The van der Waals surface area contributed by atoms with E-state index in [9.17, 15) is 4.79 Å². The van der Waals surface area contributed by atoms with Crippen LogP contribution in [0, 0.1) is 5.92 Å². The molecular formula is C23H28N2O. The lowest BCUT2D eigenvalue weighted by Crippen LogP contribution is -2.40. The number of para-hydroxylation sites is 2. The Balaban J connectivity index is 1.50. The number of hydrogen-bond acceptors (Lipinski definition) is 2. The molecule has 136 valence electrons. The molecule has 1 aliphatic heterocycles. The van der Waals surface area contributed by atoms with Gasteiger partial charge in [-0.05, 0) is 30.0 Å². The molecule has 1 fully saturated rings. The predicted molar refractivity (Wildman–Crippen MR) is 107 cm³/mol. The van der Waals surface area contributed by atoms with Crippen molar-refractivity contribution in [2.45, 2.75) is 51.0 Å². The Morgan fingerprint density at radius 1 is 0.962 bits per heavy atom. The zero-order chi connectivity index (χ0) is 17.8. The number of rotatable bonds is 4. The van der Waals surface area contributed by atoms with E-state index in [1.165, 1.54) is 37.7 Å². The first kappa shape index (κ1) is 17.1. The van der Waals surface area contributed by atoms with Crippen molar-refractivity contribution in [3.63, 3.8) is 0 Å². The van der Waals surface area contributed by atoms with E-state index in [2.05, 4.69) is 41.7 Å². The first-order chi connectivity index (χ1) is 12.8. The van der Waals surface area contributed by atoms with E-state index in [-0.39, 0.29) is 11.9 Å². The number of benzene rings is 2. The van der Waals surface area contributed by atoms with E-state index in [0.717, 1.165) is 23.7 Å². The van der Waals surface area contributed by atoms with E-state index < -0.39 is 0 Å². The normalized spacial score (nSPS) is 20.3. The third-order valence-electron chi connectivity index (χ3n) is 5.88. The van der Waals surface area contributed by atoms with Crippen molar-refractivity contribution >= 4 is 17.3 Å². The maximum absolute atomic E-state index is 13.1. The van der Waals surface area contributed by atoms with E-state index in [0.29, 0.717) is 13.0 Å². The van der Waals surface area contributed by atoms with Gasteiger partial charge in [-0.3, -0.25) is 4.79 Å². The average molecular weight is 348 g/mol. The van der Waals surface area contributed by atoms with Crippen LogP contribution in [-0.4, -0.2) is 12.5 Å². The second-order valence-electron chi connectivity index (χ2n) is 7.67. The lowest BCUT2D eigenvalue weighted by atomic mass is 9.86. The minimum atomic E-state index is 0.143. The van der Waals surface area contributed by atoms with Crippen molar-refractivity contribution in [2.24, 2.45) is 5.92 Å². The molecule has 0 spiro atoms. The fourth-order valence-electron chi connectivity index (χ4n) is 4.39. The second-order valence-corrected chi connectivity index (χ2v) is 7.67. The van der Waals surface area contributed by atoms with Crippen LogP contribution in [0.25, 0.3) is 0 Å². The molecule has 2 aromatic carbocycles. The average Bonchev–Trinajstić information content (AvgIpc) is 2.72. The Morgan fingerprint density at radius 2 is 1.69 bits per heavy atom. The van der Waals surface area contributed by atoms with Gasteiger partial charge in [-0.15, -0.1) is 0 Å². The molecule has 1 amide bonds. The van der Waals surface area contributed by atoms with Gasteiger partial charge in [0, 0.05) is 6.42 Å². The van der Waals surface area contributed by atoms with Gasteiger partial charge in [-0.1, -0.05) is 74.6 Å². The van der Waals surface area contributed by atoms with E-state index in [4.69, 9.17) is 0 Å². The molecule has 1 heterocycles. The van der Waals surface area contributed by atoms with Crippen LogP contribution >= 0.6 is 0 Å². The van der Waals surface area contributed by atoms with Crippen molar-refractivity contribution in [2.75, 3.05) is 16.8 Å². The number of carbonyl (C=O) groups is 1.